The maximum Gasteiger partial charge on any atom is 0.263 e. The van der Waals surface area contributed by atoms with Gasteiger partial charge in [0.2, 0.25) is 0 Å². The highest BCUT2D eigenvalue weighted by Crippen LogP contribution is 2.31. The topological polar surface area (TPSA) is 50.2 Å². The van der Waals surface area contributed by atoms with Crippen molar-refractivity contribution in [1.29, 1.82) is 0 Å². The Morgan fingerprint density at radius 2 is 2.15 bits per heavy atom. The first-order valence-corrected chi connectivity index (χ1v) is 10.6. The Morgan fingerprint density at radius 3 is 2.85 bits per heavy atom. The zero-order valence-corrected chi connectivity index (χ0v) is 16.3. The van der Waals surface area contributed by atoms with Gasteiger partial charge < -0.3 is 14.8 Å². The Balaban J connectivity index is 1.27. The Morgan fingerprint density at radius 1 is 1.31 bits per heavy atom. The molecule has 2 aromatic heterocycles. The molecule has 4 heterocycles. The molecule has 1 N–H and O–H groups in total. The van der Waals surface area contributed by atoms with Crippen LogP contribution in [0.4, 0.5) is 0 Å². The maximum absolute atomic E-state index is 12.8. The lowest BCUT2D eigenvalue weighted by molar-refractivity contribution is 0.0690. The van der Waals surface area contributed by atoms with E-state index in [1.807, 2.05) is 12.3 Å². The molecule has 4 rings (SSSR count). The number of imidazole rings is 1. The van der Waals surface area contributed by atoms with Crippen LogP contribution in [-0.4, -0.2) is 40.0 Å². The van der Waals surface area contributed by atoms with Gasteiger partial charge in [0.05, 0.1) is 4.88 Å². The fourth-order valence-electron chi connectivity index (χ4n) is 4.12. The second-order valence-corrected chi connectivity index (χ2v) is 8.66. The van der Waals surface area contributed by atoms with Gasteiger partial charge in [-0.15, -0.1) is 11.3 Å². The summed E-state index contributed by atoms with van der Waals surface area (Å²) in [7, 11) is 0. The standard InChI is InChI=1S/C20H28N4OS/c1-15-21-10-14-23(15)11-6-16-7-12-24(13-8-16)20(25)19-5-4-18(26-19)17-3-2-9-22-17/h4-5,10,14,16-17,22H,2-3,6-9,11-13H2,1H3/t17-/m1/s1. The van der Waals surface area contributed by atoms with E-state index >= 15 is 0 Å². The summed E-state index contributed by atoms with van der Waals surface area (Å²) in [5.41, 5.74) is 0. The third kappa shape index (κ3) is 3.86. The number of amides is 1. The first-order chi connectivity index (χ1) is 12.7. The summed E-state index contributed by atoms with van der Waals surface area (Å²) in [6.07, 6.45) is 9.75. The predicted octanol–water partition coefficient (Wildman–Crippen LogP) is 3.62. The number of nitrogens with zero attached hydrogens (tertiary/aromatic N) is 3. The lowest BCUT2D eigenvalue weighted by atomic mass is 9.93. The van der Waals surface area contributed by atoms with E-state index < -0.39 is 0 Å². The minimum atomic E-state index is 0.225. The molecular weight excluding hydrogens is 344 g/mol. The van der Waals surface area contributed by atoms with Crippen molar-refractivity contribution in [2.24, 2.45) is 5.92 Å². The van der Waals surface area contributed by atoms with E-state index in [1.165, 1.54) is 24.1 Å². The smallest absolute Gasteiger partial charge is 0.263 e. The summed E-state index contributed by atoms with van der Waals surface area (Å²) in [5, 5.41) is 3.52. The van der Waals surface area contributed by atoms with Crippen LogP contribution < -0.4 is 5.32 Å². The van der Waals surface area contributed by atoms with Crippen LogP contribution in [0.2, 0.25) is 0 Å². The predicted molar refractivity (Wildman–Crippen MR) is 105 cm³/mol. The number of carbonyl (C=O) groups is 1. The van der Waals surface area contributed by atoms with Gasteiger partial charge in [0, 0.05) is 42.9 Å². The number of hydrogen-bond acceptors (Lipinski definition) is 4. The highest BCUT2D eigenvalue weighted by Gasteiger charge is 2.26. The fraction of sp³-hybridized carbons (Fsp3) is 0.600. The van der Waals surface area contributed by atoms with Gasteiger partial charge in [0.1, 0.15) is 5.82 Å². The van der Waals surface area contributed by atoms with Crippen LogP contribution >= 0.6 is 11.3 Å². The van der Waals surface area contributed by atoms with Gasteiger partial charge >= 0.3 is 0 Å². The summed E-state index contributed by atoms with van der Waals surface area (Å²) in [5.74, 6) is 2.02. The number of thiophene rings is 1. The molecule has 140 valence electrons. The molecule has 0 radical (unpaired) electrons. The summed E-state index contributed by atoms with van der Waals surface area (Å²) in [4.78, 5) is 21.4. The van der Waals surface area contributed by atoms with Gasteiger partial charge in [-0.1, -0.05) is 0 Å². The molecule has 5 nitrogen and oxygen atoms in total. The van der Waals surface area contributed by atoms with Crippen molar-refractivity contribution in [1.82, 2.24) is 19.8 Å². The number of carbonyl (C=O) groups excluding carboxylic acids is 1. The average molecular weight is 373 g/mol. The molecule has 1 atom stereocenters. The van der Waals surface area contributed by atoms with Crippen molar-refractivity contribution in [3.05, 3.63) is 40.1 Å². The van der Waals surface area contributed by atoms with E-state index in [9.17, 15) is 4.79 Å². The van der Waals surface area contributed by atoms with Gasteiger partial charge in [-0.2, -0.15) is 0 Å². The lowest BCUT2D eigenvalue weighted by Gasteiger charge is -2.32. The molecule has 26 heavy (non-hydrogen) atoms. The van der Waals surface area contributed by atoms with Crippen molar-refractivity contribution in [2.45, 2.75) is 51.6 Å². The number of nitrogens with one attached hydrogen (secondary N) is 1. The molecule has 2 aliphatic rings. The third-order valence-electron chi connectivity index (χ3n) is 5.84. The van der Waals surface area contributed by atoms with E-state index in [0.717, 1.165) is 49.7 Å². The van der Waals surface area contributed by atoms with Crippen molar-refractivity contribution >= 4 is 17.2 Å². The molecule has 0 spiro atoms. The zero-order chi connectivity index (χ0) is 17.9. The first kappa shape index (κ1) is 17.7. The monoisotopic (exact) mass is 372 g/mol. The quantitative estimate of drug-likeness (QED) is 0.872. The van der Waals surface area contributed by atoms with E-state index in [4.69, 9.17) is 0 Å². The summed E-state index contributed by atoms with van der Waals surface area (Å²) in [6.45, 7) is 5.96. The molecule has 0 unspecified atom stereocenters. The van der Waals surface area contributed by atoms with E-state index in [2.05, 4.69) is 39.0 Å². The van der Waals surface area contributed by atoms with Crippen molar-refractivity contribution in [3.8, 4) is 0 Å². The highest BCUT2D eigenvalue weighted by atomic mass is 32.1. The Kier molecular flexibility index (Phi) is 5.41. The number of hydrogen-bond donors (Lipinski definition) is 1. The molecule has 2 saturated heterocycles. The van der Waals surface area contributed by atoms with Crippen LogP contribution in [0.25, 0.3) is 0 Å². The van der Waals surface area contributed by atoms with Crippen LogP contribution in [0, 0.1) is 12.8 Å². The molecule has 6 heteroatoms. The minimum absolute atomic E-state index is 0.225. The first-order valence-electron chi connectivity index (χ1n) is 9.81. The van der Waals surface area contributed by atoms with Crippen molar-refractivity contribution < 1.29 is 4.79 Å². The molecule has 2 fully saturated rings. The van der Waals surface area contributed by atoms with E-state index in [1.54, 1.807) is 11.3 Å². The summed E-state index contributed by atoms with van der Waals surface area (Å²) in [6, 6.07) is 4.62. The second kappa shape index (κ2) is 7.92. The number of piperidine rings is 1. The molecular formula is C20H28N4OS. The zero-order valence-electron chi connectivity index (χ0n) is 15.5. The Hall–Kier alpha value is -1.66. The molecule has 0 aromatic carbocycles. The van der Waals surface area contributed by atoms with Crippen molar-refractivity contribution in [2.75, 3.05) is 19.6 Å². The average Bonchev–Trinajstić information content (AvgIpc) is 3.41. The number of aryl methyl sites for hydroxylation is 2. The van der Waals surface area contributed by atoms with Crippen LogP contribution in [0.5, 0.6) is 0 Å². The molecule has 0 bridgehead atoms. The Bertz CT molecular complexity index is 739. The SMILES string of the molecule is Cc1nccn1CCC1CCN(C(=O)c2ccc([C@H]3CCCN3)s2)CC1. The minimum Gasteiger partial charge on any atom is -0.338 e. The highest BCUT2D eigenvalue weighted by molar-refractivity contribution is 7.14. The van der Waals surface area contributed by atoms with Crippen LogP contribution in [0.1, 0.15) is 58.5 Å². The maximum atomic E-state index is 12.8. The molecule has 1 amide bonds. The number of likely N-dealkylation sites (tertiary alicyclic amines) is 1. The van der Waals surface area contributed by atoms with Crippen molar-refractivity contribution in [3.63, 3.8) is 0 Å². The molecule has 2 aliphatic heterocycles. The number of aromatic nitrogens is 2. The second-order valence-electron chi connectivity index (χ2n) is 7.54. The van der Waals surface area contributed by atoms with E-state index in [0.29, 0.717) is 12.0 Å². The van der Waals surface area contributed by atoms with Crippen LogP contribution in [0.15, 0.2) is 24.5 Å². The number of rotatable bonds is 5. The van der Waals surface area contributed by atoms with Gasteiger partial charge in [-0.25, -0.2) is 4.98 Å². The third-order valence-corrected chi connectivity index (χ3v) is 7.03. The van der Waals surface area contributed by atoms with Gasteiger partial charge in [-0.3, -0.25) is 4.79 Å². The summed E-state index contributed by atoms with van der Waals surface area (Å²) >= 11 is 1.68. The van der Waals surface area contributed by atoms with Crippen LogP contribution in [0.3, 0.4) is 0 Å². The summed E-state index contributed by atoms with van der Waals surface area (Å²) < 4.78 is 2.22. The molecule has 0 saturated carbocycles. The van der Waals surface area contributed by atoms with Gasteiger partial charge in [0.15, 0.2) is 0 Å². The fourth-order valence-corrected chi connectivity index (χ4v) is 5.21. The largest absolute Gasteiger partial charge is 0.338 e. The Labute approximate surface area is 159 Å². The molecule has 0 aliphatic carbocycles. The van der Waals surface area contributed by atoms with E-state index in [-0.39, 0.29) is 5.91 Å². The normalized spacial score (nSPS) is 21.4. The van der Waals surface area contributed by atoms with Gasteiger partial charge in [-0.05, 0) is 63.6 Å². The lowest BCUT2D eigenvalue weighted by Crippen LogP contribution is -2.38. The molecule has 2 aromatic rings. The van der Waals surface area contributed by atoms with Gasteiger partial charge in [0.25, 0.3) is 5.91 Å². The van der Waals surface area contributed by atoms with Crippen LogP contribution in [-0.2, 0) is 6.54 Å².